The molecule has 0 radical (unpaired) electrons. The second kappa shape index (κ2) is 13.0. The Hall–Kier alpha value is -4.50. The number of allylic oxidation sites excluding steroid dienone is 3. The van der Waals surface area contributed by atoms with Crippen LogP contribution in [0.3, 0.4) is 0 Å². The van der Waals surface area contributed by atoms with Crippen LogP contribution in [-0.4, -0.2) is 24.7 Å². The predicted octanol–water partition coefficient (Wildman–Crippen LogP) is 10.4. The Morgan fingerprint density at radius 3 is 2.11 bits per heavy atom. The number of hydrogen-bond donors (Lipinski definition) is 2. The van der Waals surface area contributed by atoms with Gasteiger partial charge in [0.1, 0.15) is 5.76 Å². The minimum atomic E-state index is -0.164. The summed E-state index contributed by atoms with van der Waals surface area (Å²) < 4.78 is 0. The number of aliphatic hydroxyl groups excluding tert-OH is 1. The first-order chi connectivity index (χ1) is 22.9. The van der Waals surface area contributed by atoms with E-state index >= 15 is 0 Å². The number of benzene rings is 5. The highest BCUT2D eigenvalue weighted by Gasteiger charge is 2.40. The number of rotatable bonds is 10. The Balaban J connectivity index is 1.43. The Morgan fingerprint density at radius 1 is 0.766 bits per heavy atom. The lowest BCUT2D eigenvalue weighted by Crippen LogP contribution is -2.28. The molecule has 1 atom stereocenters. The quantitative estimate of drug-likeness (QED) is 0.120. The number of aliphatic hydroxyl groups is 1. The van der Waals surface area contributed by atoms with E-state index < -0.39 is 0 Å². The molecular formula is C44H48N2O. The Bertz CT molecular complexity index is 2190. The van der Waals surface area contributed by atoms with Gasteiger partial charge in [-0.05, 0) is 132 Å². The third-order valence-corrected chi connectivity index (χ3v) is 10.4. The number of hydrogen-bond acceptors (Lipinski definition) is 3. The van der Waals surface area contributed by atoms with Crippen molar-refractivity contribution in [3.05, 3.63) is 111 Å². The average Bonchev–Trinajstić information content (AvgIpc) is 3.09. The highest BCUT2D eigenvalue weighted by atomic mass is 16.3. The van der Waals surface area contributed by atoms with Crippen molar-refractivity contribution in [2.24, 2.45) is 0 Å². The lowest BCUT2D eigenvalue weighted by Gasteiger charge is -2.37. The maximum atomic E-state index is 12.2. The molecule has 3 heteroatoms. The van der Waals surface area contributed by atoms with Gasteiger partial charge in [0.05, 0.1) is 5.92 Å². The molecular weight excluding hydrogens is 572 g/mol. The zero-order chi connectivity index (χ0) is 32.7. The van der Waals surface area contributed by atoms with Crippen LogP contribution in [0.25, 0.3) is 50.0 Å². The van der Waals surface area contributed by atoms with Crippen LogP contribution in [0.2, 0.25) is 0 Å². The molecule has 240 valence electrons. The van der Waals surface area contributed by atoms with Gasteiger partial charge in [-0.25, -0.2) is 0 Å². The molecule has 0 fully saturated rings. The summed E-state index contributed by atoms with van der Waals surface area (Å²) in [4.78, 5) is 2.44. The second-order valence-electron chi connectivity index (χ2n) is 13.5. The maximum absolute atomic E-state index is 12.2. The van der Waals surface area contributed by atoms with Gasteiger partial charge in [0, 0.05) is 47.4 Å². The van der Waals surface area contributed by atoms with Crippen molar-refractivity contribution in [2.75, 3.05) is 29.9 Å². The summed E-state index contributed by atoms with van der Waals surface area (Å²) in [5.41, 5.74) is 8.23. The smallest absolute Gasteiger partial charge is 0.112 e. The first kappa shape index (κ1) is 31.1. The maximum Gasteiger partial charge on any atom is 0.112 e. The Morgan fingerprint density at radius 2 is 1.45 bits per heavy atom. The van der Waals surface area contributed by atoms with Crippen LogP contribution in [0.5, 0.6) is 0 Å². The van der Waals surface area contributed by atoms with E-state index in [0.29, 0.717) is 5.76 Å². The molecule has 0 saturated heterocycles. The minimum Gasteiger partial charge on any atom is -0.511 e. The highest BCUT2D eigenvalue weighted by molar-refractivity contribution is 6.10. The van der Waals surface area contributed by atoms with Gasteiger partial charge in [0.15, 0.2) is 0 Å². The van der Waals surface area contributed by atoms with Crippen molar-refractivity contribution in [3.8, 4) is 0 Å². The van der Waals surface area contributed by atoms with Crippen LogP contribution in [0.4, 0.5) is 11.4 Å². The number of fused-ring (bicyclic) bond motifs is 4. The van der Waals surface area contributed by atoms with Crippen molar-refractivity contribution >= 4 is 61.4 Å². The minimum absolute atomic E-state index is 0.164. The van der Waals surface area contributed by atoms with Crippen molar-refractivity contribution in [1.82, 2.24) is 0 Å². The van der Waals surface area contributed by atoms with E-state index in [-0.39, 0.29) is 5.92 Å². The van der Waals surface area contributed by atoms with Crippen LogP contribution in [-0.2, 0) is 0 Å². The number of anilines is 2. The van der Waals surface area contributed by atoms with Crippen molar-refractivity contribution < 1.29 is 5.11 Å². The normalized spacial score (nSPS) is 15.8. The fourth-order valence-electron chi connectivity index (χ4n) is 7.97. The van der Waals surface area contributed by atoms with Crippen LogP contribution >= 0.6 is 0 Å². The summed E-state index contributed by atoms with van der Waals surface area (Å²) in [5, 5.41) is 26.0. The largest absolute Gasteiger partial charge is 0.511 e. The van der Waals surface area contributed by atoms with Crippen molar-refractivity contribution in [3.63, 3.8) is 0 Å². The first-order valence-electron chi connectivity index (χ1n) is 17.8. The third kappa shape index (κ3) is 5.40. The molecule has 5 aromatic carbocycles. The van der Waals surface area contributed by atoms with Gasteiger partial charge >= 0.3 is 0 Å². The predicted molar refractivity (Wildman–Crippen MR) is 205 cm³/mol. The molecule has 47 heavy (non-hydrogen) atoms. The average molecular weight is 621 g/mol. The number of nitrogens with zero attached hydrogens (tertiary/aromatic N) is 1. The molecule has 5 aromatic rings. The molecule has 0 amide bonds. The van der Waals surface area contributed by atoms with Crippen molar-refractivity contribution in [1.29, 1.82) is 0 Å². The monoisotopic (exact) mass is 620 g/mol. The summed E-state index contributed by atoms with van der Waals surface area (Å²) in [6.45, 7) is 14.0. The Kier molecular flexibility index (Phi) is 8.57. The van der Waals surface area contributed by atoms with E-state index in [1.54, 1.807) is 0 Å². The molecule has 0 saturated carbocycles. The lowest BCUT2D eigenvalue weighted by molar-refractivity contribution is 0.370. The van der Waals surface area contributed by atoms with Gasteiger partial charge in [-0.3, -0.25) is 0 Å². The van der Waals surface area contributed by atoms with Gasteiger partial charge < -0.3 is 15.3 Å². The zero-order valence-electron chi connectivity index (χ0n) is 28.7. The summed E-state index contributed by atoms with van der Waals surface area (Å²) in [6.07, 6.45) is 10.5. The van der Waals surface area contributed by atoms with Gasteiger partial charge in [0.25, 0.3) is 0 Å². The molecule has 3 nitrogen and oxygen atoms in total. The van der Waals surface area contributed by atoms with E-state index in [2.05, 4.69) is 130 Å². The fourth-order valence-corrected chi connectivity index (χ4v) is 7.97. The number of unbranched alkanes of at least 4 members (excludes halogenated alkanes) is 2. The van der Waals surface area contributed by atoms with Crippen LogP contribution in [0, 0.1) is 0 Å². The molecule has 0 heterocycles. The van der Waals surface area contributed by atoms with Gasteiger partial charge in [0.2, 0.25) is 0 Å². The second-order valence-corrected chi connectivity index (χ2v) is 13.5. The SMILES string of the molecule is CCCCCNc1ccc(C2C(O)=C(c3ccc(N(CC)CC)c4cc5c(cc34)=CCCC=5)C2=C(C)C)c2cc3ccccc3cc12. The van der Waals surface area contributed by atoms with E-state index in [1.807, 2.05) is 0 Å². The molecule has 2 N–H and O–H groups in total. The van der Waals surface area contributed by atoms with E-state index in [9.17, 15) is 5.11 Å². The molecule has 0 bridgehead atoms. The molecule has 0 aliphatic heterocycles. The molecule has 2 aliphatic carbocycles. The van der Waals surface area contributed by atoms with Crippen LogP contribution in [0.1, 0.15) is 83.8 Å². The third-order valence-electron chi connectivity index (χ3n) is 10.4. The van der Waals surface area contributed by atoms with Crippen LogP contribution in [0.15, 0.2) is 89.7 Å². The zero-order valence-corrected chi connectivity index (χ0v) is 28.7. The van der Waals surface area contributed by atoms with E-state index in [0.717, 1.165) is 50.0 Å². The fraction of sp³-hybridized carbons (Fsp3) is 0.318. The van der Waals surface area contributed by atoms with Crippen molar-refractivity contribution in [2.45, 2.75) is 72.6 Å². The summed E-state index contributed by atoms with van der Waals surface area (Å²) in [5.74, 6) is 0.312. The topological polar surface area (TPSA) is 35.5 Å². The summed E-state index contributed by atoms with van der Waals surface area (Å²) in [6, 6.07) is 27.1. The van der Waals surface area contributed by atoms with Crippen LogP contribution < -0.4 is 20.7 Å². The van der Waals surface area contributed by atoms with E-state index in [1.165, 1.54) is 83.7 Å². The molecule has 2 aliphatic rings. The summed E-state index contributed by atoms with van der Waals surface area (Å²) >= 11 is 0. The first-order valence-corrected chi connectivity index (χ1v) is 17.8. The number of nitrogens with one attached hydrogen (secondary N) is 1. The van der Waals surface area contributed by atoms with Gasteiger partial charge in [-0.1, -0.05) is 73.9 Å². The lowest BCUT2D eigenvalue weighted by atomic mass is 9.68. The van der Waals surface area contributed by atoms with Gasteiger partial charge in [-0.15, -0.1) is 0 Å². The van der Waals surface area contributed by atoms with Gasteiger partial charge in [-0.2, -0.15) is 0 Å². The standard InChI is InChI=1S/C44H48N2O/c1-6-9-14-23-45-39-21-19-33(35-24-29-15-10-12-17-31(29)26-37(35)39)42-41(28(4)5)43(44(42)47)34-20-22-40(46(7-2)8-3)38-27-32-18-13-11-16-30(32)25-36(34)38/h10,12,15-22,24-27,42,45,47H,6-9,11,13-14,23H2,1-5H3. The molecule has 0 aromatic heterocycles. The molecule has 0 spiro atoms. The Labute approximate surface area is 279 Å². The highest BCUT2D eigenvalue weighted by Crippen LogP contribution is 2.55. The summed E-state index contributed by atoms with van der Waals surface area (Å²) in [7, 11) is 0. The van der Waals surface area contributed by atoms with E-state index in [4.69, 9.17) is 0 Å². The molecule has 1 unspecified atom stereocenters. The molecule has 7 rings (SSSR count).